The van der Waals surface area contributed by atoms with Crippen molar-refractivity contribution in [2.45, 2.75) is 25.1 Å². The Kier molecular flexibility index (Phi) is 6.84. The first-order valence-corrected chi connectivity index (χ1v) is 10.1. The molecular weight excluding hydrogens is 479 g/mol. The van der Waals surface area contributed by atoms with Crippen molar-refractivity contribution in [2.24, 2.45) is 4.99 Å². The van der Waals surface area contributed by atoms with Crippen molar-refractivity contribution in [1.29, 1.82) is 0 Å². The van der Waals surface area contributed by atoms with Crippen LogP contribution in [0.25, 0.3) is 5.69 Å². The molecule has 0 unspecified atom stereocenters. The summed E-state index contributed by atoms with van der Waals surface area (Å²) in [6.07, 6.45) is 1.67. The molecule has 1 aliphatic rings. The molecule has 148 valence electrons. The average molecular weight is 504 g/mol. The standard InChI is InChI=1S/C17H24N6O2S.HI/c1-17(2)12-22(9-10-26(17,24)25)16(18-3)19-11-15-21-20-13-23(15)14-7-5-4-6-8-14;/h4-8,13H,9-12H2,1-3H3,(H,18,19);1H. The average Bonchev–Trinajstić information content (AvgIpc) is 3.08. The SMILES string of the molecule is CN=C(NCc1nncn1-c1ccccc1)N1CCS(=O)(=O)C(C)(C)C1.I. The molecule has 2 heterocycles. The van der Waals surface area contributed by atoms with Gasteiger partial charge in [0.1, 0.15) is 6.33 Å². The maximum absolute atomic E-state index is 12.2. The molecule has 1 saturated heterocycles. The Hall–Kier alpha value is -1.69. The summed E-state index contributed by atoms with van der Waals surface area (Å²) in [6.45, 7) is 4.78. The van der Waals surface area contributed by atoms with Gasteiger partial charge in [-0.3, -0.25) is 9.56 Å². The van der Waals surface area contributed by atoms with Gasteiger partial charge >= 0.3 is 0 Å². The molecule has 0 atom stereocenters. The van der Waals surface area contributed by atoms with Crippen LogP contribution in [0.4, 0.5) is 0 Å². The van der Waals surface area contributed by atoms with E-state index in [4.69, 9.17) is 0 Å². The molecule has 1 fully saturated rings. The summed E-state index contributed by atoms with van der Waals surface area (Å²) in [5.74, 6) is 1.54. The monoisotopic (exact) mass is 504 g/mol. The van der Waals surface area contributed by atoms with Gasteiger partial charge in [0.2, 0.25) is 0 Å². The fraction of sp³-hybridized carbons (Fsp3) is 0.471. The largest absolute Gasteiger partial charge is 0.349 e. The molecule has 0 amide bonds. The molecule has 27 heavy (non-hydrogen) atoms. The number of sulfone groups is 1. The van der Waals surface area contributed by atoms with Crippen LogP contribution in [0.5, 0.6) is 0 Å². The fourth-order valence-electron chi connectivity index (χ4n) is 3.00. The van der Waals surface area contributed by atoms with Crippen LogP contribution in [-0.4, -0.2) is 64.7 Å². The molecule has 1 aromatic heterocycles. The maximum Gasteiger partial charge on any atom is 0.194 e. The predicted molar refractivity (Wildman–Crippen MR) is 116 cm³/mol. The third-order valence-electron chi connectivity index (χ3n) is 4.61. The van der Waals surface area contributed by atoms with Crippen molar-refractivity contribution in [3.63, 3.8) is 0 Å². The quantitative estimate of drug-likeness (QED) is 0.387. The van der Waals surface area contributed by atoms with Gasteiger partial charge in [-0.05, 0) is 26.0 Å². The highest BCUT2D eigenvalue weighted by Crippen LogP contribution is 2.23. The van der Waals surface area contributed by atoms with Gasteiger partial charge in [-0.1, -0.05) is 18.2 Å². The Labute approximate surface area is 177 Å². The van der Waals surface area contributed by atoms with Crippen molar-refractivity contribution >= 4 is 39.8 Å². The van der Waals surface area contributed by atoms with Crippen LogP contribution in [0, 0.1) is 0 Å². The minimum Gasteiger partial charge on any atom is -0.349 e. The summed E-state index contributed by atoms with van der Waals surface area (Å²) in [5, 5.41) is 11.4. The number of aliphatic imine (C=N–C) groups is 1. The smallest absolute Gasteiger partial charge is 0.194 e. The van der Waals surface area contributed by atoms with Crippen molar-refractivity contribution in [3.05, 3.63) is 42.5 Å². The van der Waals surface area contributed by atoms with Crippen molar-refractivity contribution < 1.29 is 8.42 Å². The molecule has 0 bridgehead atoms. The van der Waals surface area contributed by atoms with E-state index in [9.17, 15) is 8.42 Å². The molecule has 8 nitrogen and oxygen atoms in total. The van der Waals surface area contributed by atoms with Gasteiger partial charge in [0, 0.05) is 25.8 Å². The molecule has 1 aliphatic heterocycles. The van der Waals surface area contributed by atoms with Gasteiger partial charge in [0.15, 0.2) is 21.6 Å². The number of aromatic nitrogens is 3. The summed E-state index contributed by atoms with van der Waals surface area (Å²) in [7, 11) is -1.39. The lowest BCUT2D eigenvalue weighted by Gasteiger charge is -2.39. The van der Waals surface area contributed by atoms with Crippen LogP contribution in [0.2, 0.25) is 0 Å². The summed E-state index contributed by atoms with van der Waals surface area (Å²) in [6, 6.07) is 9.85. The number of guanidine groups is 1. The Morgan fingerprint density at radius 2 is 2.00 bits per heavy atom. The Morgan fingerprint density at radius 1 is 1.30 bits per heavy atom. The number of nitrogens with one attached hydrogen (secondary N) is 1. The molecule has 10 heteroatoms. The second-order valence-corrected chi connectivity index (χ2v) is 9.60. The van der Waals surface area contributed by atoms with Crippen molar-refractivity contribution in [3.8, 4) is 5.69 Å². The van der Waals surface area contributed by atoms with E-state index in [0.717, 1.165) is 11.5 Å². The van der Waals surface area contributed by atoms with E-state index in [-0.39, 0.29) is 29.7 Å². The molecule has 2 aromatic rings. The number of hydrogen-bond acceptors (Lipinski definition) is 5. The number of halogens is 1. The van der Waals surface area contributed by atoms with Gasteiger partial charge in [0.05, 0.1) is 17.0 Å². The number of hydrogen-bond donors (Lipinski definition) is 1. The van der Waals surface area contributed by atoms with E-state index in [1.165, 1.54) is 0 Å². The highest BCUT2D eigenvalue weighted by atomic mass is 127. The first-order valence-electron chi connectivity index (χ1n) is 8.46. The molecule has 1 aromatic carbocycles. The zero-order valence-corrected chi connectivity index (χ0v) is 18.8. The predicted octanol–water partition coefficient (Wildman–Crippen LogP) is 1.47. The summed E-state index contributed by atoms with van der Waals surface area (Å²) in [5.41, 5.74) is 0.981. The minimum atomic E-state index is -3.09. The van der Waals surface area contributed by atoms with E-state index in [1.807, 2.05) is 39.8 Å². The fourth-order valence-corrected chi connectivity index (χ4v) is 4.36. The van der Waals surface area contributed by atoms with E-state index >= 15 is 0 Å². The van der Waals surface area contributed by atoms with Gasteiger partial charge in [-0.25, -0.2) is 8.42 Å². The second-order valence-electron chi connectivity index (χ2n) is 6.85. The molecule has 1 N–H and O–H groups in total. The lowest BCUT2D eigenvalue weighted by atomic mass is 10.2. The normalized spacial score (nSPS) is 18.6. The summed E-state index contributed by atoms with van der Waals surface area (Å²) >= 11 is 0. The van der Waals surface area contributed by atoms with Gasteiger partial charge in [0.25, 0.3) is 0 Å². The van der Waals surface area contributed by atoms with E-state index in [2.05, 4.69) is 20.5 Å². The first kappa shape index (κ1) is 21.6. The third-order valence-corrected chi connectivity index (χ3v) is 7.15. The Balaban J connectivity index is 0.00000261. The van der Waals surface area contributed by atoms with Crippen molar-refractivity contribution in [1.82, 2.24) is 25.0 Å². The van der Waals surface area contributed by atoms with Crippen LogP contribution in [0.3, 0.4) is 0 Å². The van der Waals surface area contributed by atoms with Gasteiger partial charge in [-0.2, -0.15) is 0 Å². The molecule has 0 radical (unpaired) electrons. The van der Waals surface area contributed by atoms with Crippen LogP contribution < -0.4 is 5.32 Å². The molecular formula is C17H25IN6O2S. The van der Waals surface area contributed by atoms with Crippen LogP contribution in [-0.2, 0) is 16.4 Å². The summed E-state index contributed by atoms with van der Waals surface area (Å²) in [4.78, 5) is 6.28. The van der Waals surface area contributed by atoms with E-state index in [0.29, 0.717) is 25.6 Å². The Morgan fingerprint density at radius 3 is 2.63 bits per heavy atom. The molecule has 0 aliphatic carbocycles. The van der Waals surface area contributed by atoms with E-state index < -0.39 is 14.6 Å². The number of rotatable bonds is 3. The van der Waals surface area contributed by atoms with Gasteiger partial charge < -0.3 is 10.2 Å². The third kappa shape index (κ3) is 4.60. The van der Waals surface area contributed by atoms with E-state index in [1.54, 1.807) is 27.2 Å². The van der Waals surface area contributed by atoms with Crippen molar-refractivity contribution in [2.75, 3.05) is 25.9 Å². The number of para-hydroxylation sites is 1. The zero-order valence-electron chi connectivity index (χ0n) is 15.7. The summed E-state index contributed by atoms with van der Waals surface area (Å²) < 4.78 is 25.5. The number of benzene rings is 1. The van der Waals surface area contributed by atoms with Crippen LogP contribution in [0.15, 0.2) is 41.7 Å². The molecule has 0 saturated carbocycles. The van der Waals surface area contributed by atoms with Crippen LogP contribution in [0.1, 0.15) is 19.7 Å². The highest BCUT2D eigenvalue weighted by molar-refractivity contribution is 14.0. The Bertz CT molecular complexity index is 895. The highest BCUT2D eigenvalue weighted by Gasteiger charge is 2.40. The first-order chi connectivity index (χ1) is 12.3. The lowest BCUT2D eigenvalue weighted by Crippen LogP contribution is -2.57. The minimum absolute atomic E-state index is 0. The number of nitrogens with zero attached hydrogens (tertiary/aromatic N) is 5. The lowest BCUT2D eigenvalue weighted by molar-refractivity contribution is 0.353. The second kappa shape index (κ2) is 8.55. The molecule has 0 spiro atoms. The zero-order chi connectivity index (χ0) is 18.8. The topological polar surface area (TPSA) is 92.5 Å². The maximum atomic E-state index is 12.2. The molecule has 3 rings (SSSR count). The van der Waals surface area contributed by atoms with Gasteiger partial charge in [-0.15, -0.1) is 34.2 Å². The van der Waals surface area contributed by atoms with Crippen LogP contribution >= 0.6 is 24.0 Å².